The number of fused-ring (bicyclic) bond motifs is 1. The fourth-order valence-corrected chi connectivity index (χ4v) is 2.35. The first-order valence-electron chi connectivity index (χ1n) is 3.95. The van der Waals surface area contributed by atoms with Crippen molar-refractivity contribution in [1.82, 2.24) is 4.98 Å². The van der Waals surface area contributed by atoms with Crippen molar-refractivity contribution in [3.05, 3.63) is 23.4 Å². The molecule has 58 valence electrons. The summed E-state index contributed by atoms with van der Waals surface area (Å²) in [6, 6.07) is 4.31. The van der Waals surface area contributed by atoms with Gasteiger partial charge in [-0.2, -0.15) is 0 Å². The molecule has 0 spiro atoms. The Morgan fingerprint density at radius 1 is 1.45 bits per heavy atom. The van der Waals surface area contributed by atoms with Gasteiger partial charge in [-0.3, -0.25) is 0 Å². The van der Waals surface area contributed by atoms with Gasteiger partial charge in [0.15, 0.2) is 0 Å². The average molecular weight is 165 g/mol. The van der Waals surface area contributed by atoms with E-state index < -0.39 is 0 Å². The molecule has 0 fully saturated rings. The molecule has 1 aliphatic heterocycles. The second kappa shape index (κ2) is 2.86. The maximum atomic E-state index is 4.48. The van der Waals surface area contributed by atoms with Gasteiger partial charge in [0.2, 0.25) is 0 Å². The Balaban J connectivity index is 2.43. The van der Waals surface area contributed by atoms with Gasteiger partial charge < -0.3 is 0 Å². The Morgan fingerprint density at radius 3 is 3.27 bits per heavy atom. The highest BCUT2D eigenvalue weighted by atomic mass is 32.2. The van der Waals surface area contributed by atoms with Crippen LogP contribution in [0.15, 0.2) is 17.2 Å². The van der Waals surface area contributed by atoms with Gasteiger partial charge in [0.1, 0.15) is 0 Å². The van der Waals surface area contributed by atoms with Crippen molar-refractivity contribution in [1.29, 1.82) is 0 Å². The summed E-state index contributed by atoms with van der Waals surface area (Å²) in [5, 5.41) is 1.26. The van der Waals surface area contributed by atoms with Gasteiger partial charge in [-0.15, -0.1) is 11.8 Å². The van der Waals surface area contributed by atoms with Crippen molar-refractivity contribution >= 4 is 11.8 Å². The van der Waals surface area contributed by atoms with Gasteiger partial charge in [-0.25, -0.2) is 4.98 Å². The average Bonchev–Trinajstić information content (AvgIpc) is 2.04. The highest BCUT2D eigenvalue weighted by Crippen LogP contribution is 2.27. The predicted molar refractivity (Wildman–Crippen MR) is 48.0 cm³/mol. The number of nitrogens with zero attached hydrogens (tertiary/aromatic N) is 1. The van der Waals surface area contributed by atoms with E-state index in [0.29, 0.717) is 0 Å². The van der Waals surface area contributed by atoms with Crippen LogP contribution in [0.4, 0.5) is 0 Å². The van der Waals surface area contributed by atoms with E-state index in [2.05, 4.69) is 24.0 Å². The molecule has 0 saturated heterocycles. The molecule has 0 aromatic carbocycles. The van der Waals surface area contributed by atoms with E-state index in [0.717, 1.165) is 5.69 Å². The lowest BCUT2D eigenvalue weighted by Crippen LogP contribution is -2.00. The standard InChI is InChI=1S/C9H11NS/c1-7-4-5-8-3-2-6-11-9(8)10-7/h4-5H,2-3,6H2,1H3. The van der Waals surface area contributed by atoms with Crippen molar-refractivity contribution in [3.8, 4) is 0 Å². The largest absolute Gasteiger partial charge is 0.247 e. The monoisotopic (exact) mass is 165 g/mol. The van der Waals surface area contributed by atoms with Crippen LogP contribution >= 0.6 is 11.8 Å². The van der Waals surface area contributed by atoms with Crippen LogP contribution < -0.4 is 0 Å². The zero-order chi connectivity index (χ0) is 7.68. The van der Waals surface area contributed by atoms with E-state index in [9.17, 15) is 0 Å². The Labute approximate surface area is 71.2 Å². The fourth-order valence-electron chi connectivity index (χ4n) is 1.31. The van der Waals surface area contributed by atoms with Crippen LogP contribution in [0, 0.1) is 6.92 Å². The van der Waals surface area contributed by atoms with E-state index in [-0.39, 0.29) is 0 Å². The van der Waals surface area contributed by atoms with Crippen LogP contribution in [0.3, 0.4) is 0 Å². The number of thioether (sulfide) groups is 1. The van der Waals surface area contributed by atoms with Crippen molar-refractivity contribution in [3.63, 3.8) is 0 Å². The molecule has 1 aromatic rings. The van der Waals surface area contributed by atoms with Gasteiger partial charge >= 0.3 is 0 Å². The molecule has 1 nitrogen and oxygen atoms in total. The number of aryl methyl sites for hydroxylation is 2. The third kappa shape index (κ3) is 1.41. The smallest absolute Gasteiger partial charge is 0.0995 e. The first kappa shape index (κ1) is 7.17. The molecule has 2 rings (SSSR count). The summed E-state index contributed by atoms with van der Waals surface area (Å²) >= 11 is 1.89. The minimum Gasteiger partial charge on any atom is -0.247 e. The third-order valence-electron chi connectivity index (χ3n) is 1.91. The lowest BCUT2D eigenvalue weighted by molar-refractivity contribution is 0.849. The topological polar surface area (TPSA) is 12.9 Å². The number of hydrogen-bond donors (Lipinski definition) is 0. The summed E-state index contributed by atoms with van der Waals surface area (Å²) in [7, 11) is 0. The second-order valence-corrected chi connectivity index (χ2v) is 3.95. The van der Waals surface area contributed by atoms with Gasteiger partial charge in [-0.1, -0.05) is 6.07 Å². The van der Waals surface area contributed by atoms with Crippen LogP contribution in [-0.4, -0.2) is 10.7 Å². The van der Waals surface area contributed by atoms with E-state index in [1.54, 1.807) is 0 Å². The summed E-state index contributed by atoms with van der Waals surface area (Å²) in [6.07, 6.45) is 2.53. The quantitative estimate of drug-likeness (QED) is 0.585. The molecule has 0 aliphatic carbocycles. The Bertz CT molecular complexity index is 270. The van der Waals surface area contributed by atoms with Crippen LogP contribution in [-0.2, 0) is 6.42 Å². The normalized spacial score (nSPS) is 16.1. The zero-order valence-corrected chi connectivity index (χ0v) is 7.45. The molecule has 0 radical (unpaired) electrons. The summed E-state index contributed by atoms with van der Waals surface area (Å²) in [5.74, 6) is 1.24. The first-order valence-corrected chi connectivity index (χ1v) is 4.94. The van der Waals surface area contributed by atoms with Gasteiger partial charge in [0, 0.05) is 5.69 Å². The maximum Gasteiger partial charge on any atom is 0.0995 e. The highest BCUT2D eigenvalue weighted by molar-refractivity contribution is 7.99. The molecule has 0 saturated carbocycles. The van der Waals surface area contributed by atoms with E-state index >= 15 is 0 Å². The minimum absolute atomic E-state index is 1.14. The maximum absolute atomic E-state index is 4.48. The molecule has 0 amide bonds. The van der Waals surface area contributed by atoms with Crippen molar-refractivity contribution in [2.45, 2.75) is 24.8 Å². The van der Waals surface area contributed by atoms with Gasteiger partial charge in [0.05, 0.1) is 5.03 Å². The molecule has 2 heteroatoms. The van der Waals surface area contributed by atoms with Crippen LogP contribution in [0.2, 0.25) is 0 Å². The van der Waals surface area contributed by atoms with Crippen LogP contribution in [0.5, 0.6) is 0 Å². The Hall–Kier alpha value is -0.500. The molecule has 0 bridgehead atoms. The summed E-state index contributed by atoms with van der Waals surface area (Å²) in [6.45, 7) is 2.05. The molecular formula is C9H11NS. The molecule has 2 heterocycles. The van der Waals surface area contributed by atoms with E-state index in [1.165, 1.54) is 29.2 Å². The third-order valence-corrected chi connectivity index (χ3v) is 3.03. The highest BCUT2D eigenvalue weighted by Gasteiger charge is 2.09. The van der Waals surface area contributed by atoms with Crippen molar-refractivity contribution in [2.24, 2.45) is 0 Å². The van der Waals surface area contributed by atoms with Crippen LogP contribution in [0.1, 0.15) is 17.7 Å². The molecule has 1 aliphatic rings. The number of rotatable bonds is 0. The summed E-state index contributed by atoms with van der Waals surface area (Å²) < 4.78 is 0. The fraction of sp³-hybridized carbons (Fsp3) is 0.444. The molecule has 0 N–H and O–H groups in total. The first-order chi connectivity index (χ1) is 5.36. The minimum atomic E-state index is 1.14. The van der Waals surface area contributed by atoms with Crippen molar-refractivity contribution in [2.75, 3.05) is 5.75 Å². The van der Waals surface area contributed by atoms with Crippen molar-refractivity contribution < 1.29 is 0 Å². The lowest BCUT2D eigenvalue weighted by atomic mass is 10.1. The predicted octanol–water partition coefficient (Wildman–Crippen LogP) is 2.43. The van der Waals surface area contributed by atoms with E-state index in [4.69, 9.17) is 0 Å². The lowest BCUT2D eigenvalue weighted by Gasteiger charge is -2.13. The molecule has 1 aromatic heterocycles. The molecular weight excluding hydrogens is 154 g/mol. The van der Waals surface area contributed by atoms with E-state index in [1.807, 2.05) is 11.8 Å². The summed E-state index contributed by atoms with van der Waals surface area (Å²) in [4.78, 5) is 4.48. The number of aromatic nitrogens is 1. The van der Waals surface area contributed by atoms with Gasteiger partial charge in [0.25, 0.3) is 0 Å². The van der Waals surface area contributed by atoms with Crippen LogP contribution in [0.25, 0.3) is 0 Å². The van der Waals surface area contributed by atoms with Gasteiger partial charge in [-0.05, 0) is 37.1 Å². The summed E-state index contributed by atoms with van der Waals surface area (Å²) in [5.41, 5.74) is 2.57. The zero-order valence-electron chi connectivity index (χ0n) is 6.63. The molecule has 0 atom stereocenters. The molecule has 11 heavy (non-hydrogen) atoms. The Kier molecular flexibility index (Phi) is 1.86. The Morgan fingerprint density at radius 2 is 2.36 bits per heavy atom. The second-order valence-electron chi connectivity index (χ2n) is 2.87. The number of pyridine rings is 1. The SMILES string of the molecule is Cc1ccc2c(n1)SCCC2. The molecule has 0 unspecified atom stereocenters. The number of hydrogen-bond acceptors (Lipinski definition) is 2.